The zero-order valence-corrected chi connectivity index (χ0v) is 8.99. The maximum atomic E-state index is 9.70. The third kappa shape index (κ3) is 2.47. The molecular weight excluding hydrogens is 176 g/mol. The van der Waals surface area contributed by atoms with Gasteiger partial charge in [0, 0.05) is 12.1 Å². The lowest BCUT2D eigenvalue weighted by Crippen LogP contribution is -2.29. The lowest BCUT2D eigenvalue weighted by atomic mass is 10.1. The van der Waals surface area contributed by atoms with E-state index in [1.807, 2.05) is 39.3 Å². The van der Waals surface area contributed by atoms with Crippen molar-refractivity contribution in [3.05, 3.63) is 29.8 Å². The van der Waals surface area contributed by atoms with Crippen molar-refractivity contribution in [3.63, 3.8) is 0 Å². The Labute approximate surface area is 85.4 Å². The molecule has 0 aliphatic rings. The van der Waals surface area contributed by atoms with Gasteiger partial charge in [0.25, 0.3) is 0 Å². The zero-order chi connectivity index (χ0) is 10.6. The van der Waals surface area contributed by atoms with Crippen LogP contribution in [0.25, 0.3) is 0 Å². The molecule has 1 unspecified atom stereocenters. The normalized spacial score (nSPS) is 13.1. The molecule has 78 valence electrons. The van der Waals surface area contributed by atoms with Crippen molar-refractivity contribution in [1.29, 1.82) is 0 Å². The summed E-state index contributed by atoms with van der Waals surface area (Å²) in [5, 5.41) is 12.8. The molecule has 0 bridgehead atoms. The summed E-state index contributed by atoms with van der Waals surface area (Å²) in [5.74, 6) is 0.362. The maximum Gasteiger partial charge on any atom is 0.120 e. The standard InChI is InChI=1S/C11H18N2O/c1-12-8-10(13(2)3)9-6-4-5-7-11(9)14/h4-7,10,12,14H,8H2,1-3H3. The smallest absolute Gasteiger partial charge is 0.120 e. The van der Waals surface area contributed by atoms with Crippen LogP contribution in [-0.2, 0) is 0 Å². The van der Waals surface area contributed by atoms with Crippen LogP contribution in [0.3, 0.4) is 0 Å². The Morgan fingerprint density at radius 3 is 2.50 bits per heavy atom. The minimum Gasteiger partial charge on any atom is -0.508 e. The molecule has 0 radical (unpaired) electrons. The van der Waals surface area contributed by atoms with E-state index >= 15 is 0 Å². The van der Waals surface area contributed by atoms with Gasteiger partial charge in [-0.3, -0.25) is 0 Å². The van der Waals surface area contributed by atoms with Gasteiger partial charge in [0.05, 0.1) is 6.04 Å². The molecule has 14 heavy (non-hydrogen) atoms. The van der Waals surface area contributed by atoms with Gasteiger partial charge in [0.1, 0.15) is 5.75 Å². The highest BCUT2D eigenvalue weighted by atomic mass is 16.3. The Morgan fingerprint density at radius 2 is 2.00 bits per heavy atom. The number of nitrogens with one attached hydrogen (secondary N) is 1. The van der Waals surface area contributed by atoms with Crippen molar-refractivity contribution in [2.24, 2.45) is 0 Å². The van der Waals surface area contributed by atoms with Crippen molar-refractivity contribution < 1.29 is 5.11 Å². The van der Waals surface area contributed by atoms with Gasteiger partial charge in [-0.2, -0.15) is 0 Å². The number of rotatable bonds is 4. The molecule has 0 saturated heterocycles. The quantitative estimate of drug-likeness (QED) is 0.756. The summed E-state index contributed by atoms with van der Waals surface area (Å²) in [4.78, 5) is 2.09. The number of aromatic hydroxyl groups is 1. The van der Waals surface area contributed by atoms with Crippen LogP contribution >= 0.6 is 0 Å². The summed E-state index contributed by atoms with van der Waals surface area (Å²) in [6.45, 7) is 0.824. The molecule has 0 fully saturated rings. The summed E-state index contributed by atoms with van der Waals surface area (Å²) in [6.07, 6.45) is 0. The molecule has 0 aliphatic carbocycles. The van der Waals surface area contributed by atoms with E-state index < -0.39 is 0 Å². The van der Waals surface area contributed by atoms with Crippen molar-refractivity contribution >= 4 is 0 Å². The predicted molar refractivity (Wildman–Crippen MR) is 58.5 cm³/mol. The van der Waals surface area contributed by atoms with Crippen LogP contribution in [0.4, 0.5) is 0 Å². The monoisotopic (exact) mass is 194 g/mol. The number of benzene rings is 1. The fourth-order valence-electron chi connectivity index (χ4n) is 1.53. The highest BCUT2D eigenvalue weighted by Crippen LogP contribution is 2.25. The summed E-state index contributed by atoms with van der Waals surface area (Å²) in [6, 6.07) is 7.67. The molecular formula is C11H18N2O. The Hall–Kier alpha value is -1.06. The largest absolute Gasteiger partial charge is 0.508 e. The number of phenolic OH excluding ortho intramolecular Hbond substituents is 1. The lowest BCUT2D eigenvalue weighted by Gasteiger charge is -2.25. The summed E-state index contributed by atoms with van der Waals surface area (Å²) < 4.78 is 0. The van der Waals surface area contributed by atoms with E-state index in [-0.39, 0.29) is 6.04 Å². The Morgan fingerprint density at radius 1 is 1.36 bits per heavy atom. The molecule has 3 nitrogen and oxygen atoms in total. The van der Waals surface area contributed by atoms with Gasteiger partial charge in [0.2, 0.25) is 0 Å². The molecule has 0 aliphatic heterocycles. The lowest BCUT2D eigenvalue weighted by molar-refractivity contribution is 0.286. The van der Waals surface area contributed by atoms with E-state index in [9.17, 15) is 5.11 Å². The van der Waals surface area contributed by atoms with Crippen LogP contribution in [0.1, 0.15) is 11.6 Å². The average molecular weight is 194 g/mol. The number of phenols is 1. The molecule has 0 heterocycles. The SMILES string of the molecule is CNCC(c1ccccc1O)N(C)C. The first-order valence-corrected chi connectivity index (χ1v) is 4.75. The number of para-hydroxylation sites is 1. The number of hydrogen-bond donors (Lipinski definition) is 2. The molecule has 0 amide bonds. The van der Waals surface area contributed by atoms with Gasteiger partial charge in [0.15, 0.2) is 0 Å². The molecule has 0 saturated carbocycles. The van der Waals surface area contributed by atoms with Gasteiger partial charge in [-0.05, 0) is 27.2 Å². The highest BCUT2D eigenvalue weighted by Gasteiger charge is 2.15. The molecule has 0 aromatic heterocycles. The van der Waals surface area contributed by atoms with E-state index in [0.29, 0.717) is 5.75 Å². The topological polar surface area (TPSA) is 35.5 Å². The Balaban J connectivity index is 2.93. The van der Waals surface area contributed by atoms with E-state index in [0.717, 1.165) is 12.1 Å². The van der Waals surface area contributed by atoms with Crippen LogP contribution in [0.2, 0.25) is 0 Å². The molecule has 3 heteroatoms. The Bertz CT molecular complexity index is 286. The second-order valence-corrected chi connectivity index (χ2v) is 3.60. The van der Waals surface area contributed by atoms with Crippen LogP contribution < -0.4 is 5.32 Å². The molecule has 2 N–H and O–H groups in total. The van der Waals surface area contributed by atoms with Gasteiger partial charge >= 0.3 is 0 Å². The van der Waals surface area contributed by atoms with Crippen molar-refractivity contribution in [3.8, 4) is 5.75 Å². The van der Waals surface area contributed by atoms with Gasteiger partial charge in [-0.1, -0.05) is 18.2 Å². The fraction of sp³-hybridized carbons (Fsp3) is 0.455. The predicted octanol–water partition coefficient (Wildman–Crippen LogP) is 1.21. The third-order valence-corrected chi connectivity index (χ3v) is 2.32. The first kappa shape index (κ1) is 11.0. The van der Waals surface area contributed by atoms with Crippen molar-refractivity contribution in [2.45, 2.75) is 6.04 Å². The second-order valence-electron chi connectivity index (χ2n) is 3.60. The number of likely N-dealkylation sites (N-methyl/N-ethyl adjacent to an activating group) is 2. The van der Waals surface area contributed by atoms with Crippen molar-refractivity contribution in [1.82, 2.24) is 10.2 Å². The molecule has 1 aromatic carbocycles. The molecule has 1 rings (SSSR count). The summed E-state index contributed by atoms with van der Waals surface area (Å²) in [7, 11) is 5.93. The first-order valence-electron chi connectivity index (χ1n) is 4.75. The van der Waals surface area contributed by atoms with Crippen molar-refractivity contribution in [2.75, 3.05) is 27.7 Å². The van der Waals surface area contributed by atoms with E-state index in [2.05, 4.69) is 10.2 Å². The third-order valence-electron chi connectivity index (χ3n) is 2.32. The molecule has 1 atom stereocenters. The van der Waals surface area contributed by atoms with E-state index in [1.54, 1.807) is 6.07 Å². The fourth-order valence-corrected chi connectivity index (χ4v) is 1.53. The van der Waals surface area contributed by atoms with Crippen LogP contribution in [0, 0.1) is 0 Å². The van der Waals surface area contributed by atoms with Gasteiger partial charge in [-0.25, -0.2) is 0 Å². The van der Waals surface area contributed by atoms with Crippen LogP contribution in [-0.4, -0.2) is 37.7 Å². The number of hydrogen-bond acceptors (Lipinski definition) is 3. The van der Waals surface area contributed by atoms with Crippen LogP contribution in [0.5, 0.6) is 5.75 Å². The van der Waals surface area contributed by atoms with E-state index in [1.165, 1.54) is 0 Å². The van der Waals surface area contributed by atoms with Gasteiger partial charge < -0.3 is 15.3 Å². The second kappa shape index (κ2) is 4.98. The van der Waals surface area contributed by atoms with Crippen LogP contribution in [0.15, 0.2) is 24.3 Å². The maximum absolute atomic E-state index is 9.70. The molecule has 0 spiro atoms. The number of nitrogens with zero attached hydrogens (tertiary/aromatic N) is 1. The minimum absolute atomic E-state index is 0.209. The van der Waals surface area contributed by atoms with Gasteiger partial charge in [-0.15, -0.1) is 0 Å². The summed E-state index contributed by atoms with van der Waals surface area (Å²) in [5.41, 5.74) is 0.965. The van der Waals surface area contributed by atoms with E-state index in [4.69, 9.17) is 0 Å². The molecule has 1 aromatic rings. The average Bonchev–Trinajstić information content (AvgIpc) is 2.15. The Kier molecular flexibility index (Phi) is 3.92. The zero-order valence-electron chi connectivity index (χ0n) is 8.99. The summed E-state index contributed by atoms with van der Waals surface area (Å²) >= 11 is 0. The highest BCUT2D eigenvalue weighted by molar-refractivity contribution is 5.34. The first-order chi connectivity index (χ1) is 6.66. The minimum atomic E-state index is 0.209.